The van der Waals surface area contributed by atoms with E-state index in [0.29, 0.717) is 26.1 Å². The number of ether oxygens (including phenoxy) is 1. The third-order valence-corrected chi connectivity index (χ3v) is 2.62. The summed E-state index contributed by atoms with van der Waals surface area (Å²) < 4.78 is 5.15. The maximum Gasteiger partial charge on any atom is 0.228 e. The quantitative estimate of drug-likeness (QED) is 0.526. The number of hydrogen-bond donors (Lipinski definition) is 3. The van der Waals surface area contributed by atoms with Gasteiger partial charge in [0.15, 0.2) is 0 Å². The predicted octanol–water partition coefficient (Wildman–Crippen LogP) is -0.770. The van der Waals surface area contributed by atoms with Crippen molar-refractivity contribution in [2.24, 2.45) is 5.41 Å². The molecular weight excluding hydrogens is 186 g/mol. The lowest BCUT2D eigenvalue weighted by molar-refractivity contribution is -0.139. The van der Waals surface area contributed by atoms with Crippen LogP contribution in [0.4, 0.5) is 0 Å². The van der Waals surface area contributed by atoms with Gasteiger partial charge in [-0.05, 0) is 12.8 Å². The van der Waals surface area contributed by atoms with Crippen LogP contribution in [0, 0.1) is 5.41 Å². The Morgan fingerprint density at radius 1 is 1.57 bits per heavy atom. The number of nitrogens with one attached hydrogen (secondary N) is 1. The maximum atomic E-state index is 11.7. The van der Waals surface area contributed by atoms with Gasteiger partial charge < -0.3 is 20.3 Å². The minimum Gasteiger partial charge on any atom is -0.392 e. The summed E-state index contributed by atoms with van der Waals surface area (Å²) in [7, 11) is 0. The van der Waals surface area contributed by atoms with Gasteiger partial charge in [-0.2, -0.15) is 0 Å². The molecule has 1 heterocycles. The summed E-state index contributed by atoms with van der Waals surface area (Å²) in [6.07, 6.45) is 0.135. The monoisotopic (exact) mass is 203 g/mol. The summed E-state index contributed by atoms with van der Waals surface area (Å²) >= 11 is 0. The van der Waals surface area contributed by atoms with Crippen LogP contribution in [-0.2, 0) is 9.53 Å². The number of aliphatic hydroxyl groups is 2. The molecule has 0 bridgehead atoms. The van der Waals surface area contributed by atoms with Crippen molar-refractivity contribution in [3.8, 4) is 0 Å². The van der Waals surface area contributed by atoms with Crippen molar-refractivity contribution in [3.63, 3.8) is 0 Å². The highest BCUT2D eigenvalue weighted by Gasteiger charge is 2.35. The molecule has 5 heteroatoms. The minimum absolute atomic E-state index is 0.220. The Labute approximate surface area is 83.1 Å². The Kier molecular flexibility index (Phi) is 3.86. The number of carbonyl (C=O) groups is 1. The largest absolute Gasteiger partial charge is 0.392 e. The molecule has 0 aromatic heterocycles. The molecule has 0 aliphatic carbocycles. The molecular formula is C9H17NO4. The third kappa shape index (κ3) is 2.67. The highest BCUT2D eigenvalue weighted by molar-refractivity contribution is 5.82. The summed E-state index contributed by atoms with van der Waals surface area (Å²) in [6, 6.07) is 0. The summed E-state index contributed by atoms with van der Waals surface area (Å²) in [5.74, 6) is -0.220. The molecule has 0 spiro atoms. The molecule has 1 aliphatic heterocycles. The van der Waals surface area contributed by atoms with E-state index >= 15 is 0 Å². The number of aliphatic hydroxyl groups excluding tert-OH is 2. The Hall–Kier alpha value is -0.650. The molecule has 1 unspecified atom stereocenters. The first-order valence-corrected chi connectivity index (χ1v) is 4.76. The van der Waals surface area contributed by atoms with Crippen molar-refractivity contribution in [1.29, 1.82) is 0 Å². The van der Waals surface area contributed by atoms with Crippen molar-refractivity contribution < 1.29 is 19.7 Å². The van der Waals surface area contributed by atoms with E-state index in [2.05, 4.69) is 5.32 Å². The van der Waals surface area contributed by atoms with Crippen LogP contribution < -0.4 is 5.32 Å². The molecule has 5 nitrogen and oxygen atoms in total. The molecule has 82 valence electrons. The second kappa shape index (κ2) is 4.72. The normalized spacial score (nSPS) is 22.8. The highest BCUT2D eigenvalue weighted by Crippen LogP contribution is 2.29. The van der Waals surface area contributed by atoms with E-state index in [9.17, 15) is 4.79 Å². The van der Waals surface area contributed by atoms with Gasteiger partial charge in [-0.3, -0.25) is 4.79 Å². The van der Waals surface area contributed by atoms with Crippen molar-refractivity contribution >= 4 is 5.91 Å². The van der Waals surface area contributed by atoms with Gasteiger partial charge in [-0.1, -0.05) is 6.92 Å². The molecule has 0 aromatic carbocycles. The van der Waals surface area contributed by atoms with Gasteiger partial charge in [0.05, 0.1) is 12.0 Å². The van der Waals surface area contributed by atoms with Crippen LogP contribution in [0.3, 0.4) is 0 Å². The lowest BCUT2D eigenvalue weighted by Gasteiger charge is -2.32. The summed E-state index contributed by atoms with van der Waals surface area (Å²) in [5, 5.41) is 20.0. The van der Waals surface area contributed by atoms with Crippen molar-refractivity contribution in [2.45, 2.75) is 26.0 Å². The van der Waals surface area contributed by atoms with E-state index in [0.717, 1.165) is 0 Å². The second-order valence-corrected chi connectivity index (χ2v) is 3.84. The molecule has 14 heavy (non-hydrogen) atoms. The molecule has 1 fully saturated rings. The van der Waals surface area contributed by atoms with Crippen molar-refractivity contribution in [2.75, 3.05) is 19.8 Å². The standard InChI is InChI=1S/C9H17NO4/c1-9(2-4-14-5-3-9)8(13)10-7(12)6-11/h7,11-12H,2-6H2,1H3,(H,10,13). The van der Waals surface area contributed by atoms with Crippen LogP contribution in [0.25, 0.3) is 0 Å². The maximum absolute atomic E-state index is 11.7. The zero-order chi connectivity index (χ0) is 10.6. The van der Waals surface area contributed by atoms with E-state index < -0.39 is 18.2 Å². The third-order valence-electron chi connectivity index (χ3n) is 2.62. The highest BCUT2D eigenvalue weighted by atomic mass is 16.5. The fraction of sp³-hybridized carbons (Fsp3) is 0.889. The van der Waals surface area contributed by atoms with Crippen LogP contribution in [-0.4, -0.2) is 42.2 Å². The zero-order valence-corrected chi connectivity index (χ0v) is 8.32. The van der Waals surface area contributed by atoms with Crippen LogP contribution >= 0.6 is 0 Å². The van der Waals surface area contributed by atoms with Crippen molar-refractivity contribution in [1.82, 2.24) is 5.32 Å². The Balaban J connectivity index is 2.49. The van der Waals surface area contributed by atoms with Gasteiger partial charge in [0, 0.05) is 13.2 Å². The molecule has 0 aromatic rings. The average Bonchev–Trinajstić information content (AvgIpc) is 2.18. The van der Waals surface area contributed by atoms with Gasteiger partial charge in [-0.15, -0.1) is 0 Å². The molecule has 1 amide bonds. The topological polar surface area (TPSA) is 78.8 Å². The molecule has 1 atom stereocenters. The molecule has 1 saturated heterocycles. The summed E-state index contributed by atoms with van der Waals surface area (Å²) in [4.78, 5) is 11.7. The van der Waals surface area contributed by atoms with Crippen molar-refractivity contribution in [3.05, 3.63) is 0 Å². The second-order valence-electron chi connectivity index (χ2n) is 3.84. The summed E-state index contributed by atoms with van der Waals surface area (Å²) in [6.45, 7) is 2.52. The molecule has 0 saturated carbocycles. The van der Waals surface area contributed by atoms with Gasteiger partial charge in [0.1, 0.15) is 6.23 Å². The van der Waals surface area contributed by atoms with E-state index in [1.165, 1.54) is 0 Å². The molecule has 1 aliphatic rings. The first-order chi connectivity index (χ1) is 6.58. The lowest BCUT2D eigenvalue weighted by Crippen LogP contribution is -2.47. The van der Waals surface area contributed by atoms with E-state index in [1.54, 1.807) is 0 Å². The van der Waals surface area contributed by atoms with E-state index in [4.69, 9.17) is 14.9 Å². The molecule has 0 radical (unpaired) electrons. The first-order valence-electron chi connectivity index (χ1n) is 4.76. The first kappa shape index (κ1) is 11.4. The molecule has 1 rings (SSSR count). The average molecular weight is 203 g/mol. The Morgan fingerprint density at radius 3 is 2.64 bits per heavy atom. The van der Waals surface area contributed by atoms with Gasteiger partial charge in [0.2, 0.25) is 5.91 Å². The lowest BCUT2D eigenvalue weighted by atomic mass is 9.81. The van der Waals surface area contributed by atoms with Gasteiger partial charge in [0.25, 0.3) is 0 Å². The SMILES string of the molecule is CC1(C(=O)NC(O)CO)CCOCC1. The number of amides is 1. The van der Waals surface area contributed by atoms with Crippen LogP contribution in [0.1, 0.15) is 19.8 Å². The van der Waals surface area contributed by atoms with Crippen LogP contribution in [0.15, 0.2) is 0 Å². The van der Waals surface area contributed by atoms with Crippen LogP contribution in [0.5, 0.6) is 0 Å². The fourth-order valence-electron chi connectivity index (χ4n) is 1.42. The predicted molar refractivity (Wildman–Crippen MR) is 49.4 cm³/mol. The summed E-state index contributed by atoms with van der Waals surface area (Å²) in [5.41, 5.74) is -0.478. The molecule has 3 N–H and O–H groups in total. The Morgan fingerprint density at radius 2 is 2.14 bits per heavy atom. The van der Waals surface area contributed by atoms with E-state index in [-0.39, 0.29) is 5.91 Å². The van der Waals surface area contributed by atoms with Crippen LogP contribution in [0.2, 0.25) is 0 Å². The number of carbonyl (C=O) groups excluding carboxylic acids is 1. The van der Waals surface area contributed by atoms with E-state index in [1.807, 2.05) is 6.92 Å². The van der Waals surface area contributed by atoms with Gasteiger partial charge in [-0.25, -0.2) is 0 Å². The number of rotatable bonds is 3. The fourth-order valence-corrected chi connectivity index (χ4v) is 1.42. The number of hydrogen-bond acceptors (Lipinski definition) is 4. The minimum atomic E-state index is -1.16. The Bertz CT molecular complexity index is 201. The smallest absolute Gasteiger partial charge is 0.228 e. The van der Waals surface area contributed by atoms with Gasteiger partial charge >= 0.3 is 0 Å². The zero-order valence-electron chi connectivity index (χ0n) is 8.32.